The largest absolute Gasteiger partial charge is 0.331 e. The van der Waals surface area contributed by atoms with E-state index in [1.807, 2.05) is 4.90 Å². The van der Waals surface area contributed by atoms with E-state index in [0.29, 0.717) is 5.56 Å². The van der Waals surface area contributed by atoms with Crippen LogP contribution in [0.5, 0.6) is 0 Å². The first kappa shape index (κ1) is 18.8. The van der Waals surface area contributed by atoms with Gasteiger partial charge >= 0.3 is 0 Å². The van der Waals surface area contributed by atoms with Gasteiger partial charge < -0.3 is 10.2 Å². The lowest BCUT2D eigenvalue weighted by atomic mass is 10.1. The molecule has 0 unspecified atom stereocenters. The summed E-state index contributed by atoms with van der Waals surface area (Å²) in [4.78, 5) is 15.0. The van der Waals surface area contributed by atoms with E-state index in [2.05, 4.69) is 5.32 Å². The fourth-order valence-electron chi connectivity index (χ4n) is 3.52. The normalized spacial score (nSPS) is 21.3. The zero-order valence-corrected chi connectivity index (χ0v) is 15.0. The quantitative estimate of drug-likeness (QED) is 0.792. The van der Waals surface area contributed by atoms with E-state index < -0.39 is 5.82 Å². The molecule has 23 heavy (non-hydrogen) atoms. The average molecular weight is 382 g/mol. The summed E-state index contributed by atoms with van der Waals surface area (Å²) < 4.78 is 13.5. The van der Waals surface area contributed by atoms with Crippen LogP contribution in [0.15, 0.2) is 12.1 Å². The Morgan fingerprint density at radius 2 is 1.83 bits per heavy atom. The number of rotatable bonds is 3. The molecular formula is C16H20Cl3FN2O. The third-order valence-corrected chi connectivity index (χ3v) is 5.50. The van der Waals surface area contributed by atoms with Crippen molar-refractivity contribution in [1.29, 1.82) is 0 Å². The first-order valence-electron chi connectivity index (χ1n) is 7.76. The Morgan fingerprint density at radius 3 is 2.43 bits per heavy atom. The summed E-state index contributed by atoms with van der Waals surface area (Å²) in [6.45, 7) is 1.72. The van der Waals surface area contributed by atoms with Gasteiger partial charge in [-0.3, -0.25) is 4.79 Å². The van der Waals surface area contributed by atoms with Crippen LogP contribution in [0.3, 0.4) is 0 Å². The Labute approximate surface area is 151 Å². The summed E-state index contributed by atoms with van der Waals surface area (Å²) >= 11 is 12.0. The number of nitrogens with one attached hydrogen (secondary N) is 1. The van der Waals surface area contributed by atoms with E-state index >= 15 is 0 Å². The molecule has 2 aliphatic rings. The van der Waals surface area contributed by atoms with Gasteiger partial charge in [0.1, 0.15) is 5.82 Å². The maximum absolute atomic E-state index is 13.5. The molecule has 1 aromatic rings. The van der Waals surface area contributed by atoms with Crippen LogP contribution >= 0.6 is 35.6 Å². The Morgan fingerprint density at radius 1 is 1.13 bits per heavy atom. The van der Waals surface area contributed by atoms with Gasteiger partial charge in [-0.2, -0.15) is 0 Å². The number of carbonyl (C=O) groups is 1. The zero-order valence-electron chi connectivity index (χ0n) is 12.7. The van der Waals surface area contributed by atoms with Crippen molar-refractivity contribution < 1.29 is 9.18 Å². The molecule has 2 fully saturated rings. The Kier molecular flexibility index (Phi) is 6.55. The van der Waals surface area contributed by atoms with Crippen LogP contribution in [0, 0.1) is 5.82 Å². The molecule has 0 aromatic heterocycles. The van der Waals surface area contributed by atoms with E-state index in [-0.39, 0.29) is 40.4 Å². The van der Waals surface area contributed by atoms with Gasteiger partial charge in [-0.05, 0) is 37.9 Å². The maximum Gasteiger partial charge on any atom is 0.255 e. The summed E-state index contributed by atoms with van der Waals surface area (Å²) in [5.41, 5.74) is 0.298. The molecule has 1 N–H and O–H groups in total. The van der Waals surface area contributed by atoms with Crippen LogP contribution in [0.4, 0.5) is 4.39 Å². The van der Waals surface area contributed by atoms with Gasteiger partial charge in [-0.15, -0.1) is 12.4 Å². The Hall–Kier alpha value is -0.550. The number of hydrogen-bond acceptors (Lipinski definition) is 2. The third-order valence-electron chi connectivity index (χ3n) is 4.65. The highest BCUT2D eigenvalue weighted by atomic mass is 35.5. The number of carbonyl (C=O) groups excluding carboxylic acids is 1. The van der Waals surface area contributed by atoms with E-state index in [9.17, 15) is 9.18 Å². The first-order chi connectivity index (χ1) is 10.6. The van der Waals surface area contributed by atoms with Crippen LogP contribution < -0.4 is 5.32 Å². The molecule has 1 aliphatic heterocycles. The monoisotopic (exact) mass is 380 g/mol. The smallest absolute Gasteiger partial charge is 0.255 e. The van der Waals surface area contributed by atoms with E-state index in [0.717, 1.165) is 45.2 Å². The first-order valence-corrected chi connectivity index (χ1v) is 8.52. The minimum atomic E-state index is -0.599. The Balaban J connectivity index is 0.00000192. The van der Waals surface area contributed by atoms with Gasteiger partial charge in [0.2, 0.25) is 0 Å². The summed E-state index contributed by atoms with van der Waals surface area (Å²) in [5.74, 6) is -0.731. The van der Waals surface area contributed by atoms with Crippen molar-refractivity contribution in [3.63, 3.8) is 0 Å². The Bertz CT molecular complexity index is 557. The molecule has 1 heterocycles. The maximum atomic E-state index is 13.5. The van der Waals surface area contributed by atoms with Gasteiger partial charge in [-0.1, -0.05) is 36.0 Å². The number of halogens is 4. The third kappa shape index (κ3) is 3.76. The highest BCUT2D eigenvalue weighted by Crippen LogP contribution is 2.33. The number of nitrogens with zero attached hydrogens (tertiary/aromatic N) is 1. The van der Waals surface area contributed by atoms with Gasteiger partial charge in [0.15, 0.2) is 0 Å². The highest BCUT2D eigenvalue weighted by Gasteiger charge is 2.35. The van der Waals surface area contributed by atoms with Crippen molar-refractivity contribution in [2.24, 2.45) is 0 Å². The molecule has 1 atom stereocenters. The molecule has 0 radical (unpaired) electrons. The molecule has 0 spiro atoms. The van der Waals surface area contributed by atoms with Gasteiger partial charge in [0.25, 0.3) is 5.91 Å². The highest BCUT2D eigenvalue weighted by molar-refractivity contribution is 6.44. The SMILES string of the molecule is Cl.O=C(c1ccc(F)c(Cl)c1Cl)N(C1CCCC1)[C@H]1CCNC1. The minimum Gasteiger partial charge on any atom is -0.331 e. The van der Waals surface area contributed by atoms with Crippen LogP contribution in [0.2, 0.25) is 10.0 Å². The molecule has 7 heteroatoms. The van der Waals surface area contributed by atoms with Crippen molar-refractivity contribution in [2.75, 3.05) is 13.1 Å². The van der Waals surface area contributed by atoms with Crippen LogP contribution in [-0.2, 0) is 0 Å². The summed E-state index contributed by atoms with van der Waals surface area (Å²) in [6.07, 6.45) is 5.28. The fourth-order valence-corrected chi connectivity index (χ4v) is 3.92. The van der Waals surface area contributed by atoms with Crippen molar-refractivity contribution in [2.45, 2.75) is 44.2 Å². The second-order valence-corrected chi connectivity index (χ2v) is 6.78. The molecule has 3 rings (SSSR count). The number of hydrogen-bond donors (Lipinski definition) is 1. The lowest BCUT2D eigenvalue weighted by molar-refractivity contribution is 0.0595. The second-order valence-electron chi connectivity index (χ2n) is 6.02. The molecule has 1 saturated carbocycles. The van der Waals surface area contributed by atoms with Crippen LogP contribution in [-0.4, -0.2) is 36.0 Å². The van der Waals surface area contributed by atoms with E-state index in [1.54, 1.807) is 0 Å². The minimum absolute atomic E-state index is 0. The molecule has 1 amide bonds. The second kappa shape index (κ2) is 8.02. The molecule has 1 aromatic carbocycles. The van der Waals surface area contributed by atoms with Crippen molar-refractivity contribution in [3.8, 4) is 0 Å². The summed E-state index contributed by atoms with van der Waals surface area (Å²) in [6, 6.07) is 3.07. The lowest BCUT2D eigenvalue weighted by Gasteiger charge is -2.34. The van der Waals surface area contributed by atoms with Gasteiger partial charge in [-0.25, -0.2) is 4.39 Å². The van der Waals surface area contributed by atoms with Crippen molar-refractivity contribution in [3.05, 3.63) is 33.6 Å². The summed E-state index contributed by atoms with van der Waals surface area (Å²) in [7, 11) is 0. The van der Waals surface area contributed by atoms with Gasteiger partial charge in [0, 0.05) is 18.6 Å². The van der Waals surface area contributed by atoms with Crippen molar-refractivity contribution >= 4 is 41.5 Å². The van der Waals surface area contributed by atoms with E-state index in [4.69, 9.17) is 23.2 Å². The number of amides is 1. The zero-order chi connectivity index (χ0) is 15.7. The predicted molar refractivity (Wildman–Crippen MR) is 93.4 cm³/mol. The lowest BCUT2D eigenvalue weighted by Crippen LogP contribution is -2.47. The molecule has 128 valence electrons. The standard InChI is InChI=1S/C16H19Cl2FN2O.ClH/c17-14-12(5-6-13(19)15(14)18)16(22)21(10-3-1-2-4-10)11-7-8-20-9-11;/h5-6,10-11,20H,1-4,7-9H2;1H/t11-;/m0./s1. The molecule has 1 saturated heterocycles. The average Bonchev–Trinajstić information content (AvgIpc) is 3.19. The predicted octanol–water partition coefficient (Wildman–Crippen LogP) is 4.30. The molecule has 3 nitrogen and oxygen atoms in total. The van der Waals surface area contributed by atoms with Crippen LogP contribution in [0.1, 0.15) is 42.5 Å². The molecular weight excluding hydrogens is 362 g/mol. The van der Waals surface area contributed by atoms with Crippen LogP contribution in [0.25, 0.3) is 0 Å². The molecule has 1 aliphatic carbocycles. The topological polar surface area (TPSA) is 32.3 Å². The fraction of sp³-hybridized carbons (Fsp3) is 0.562. The summed E-state index contributed by atoms with van der Waals surface area (Å²) in [5, 5.41) is 3.14. The van der Waals surface area contributed by atoms with E-state index in [1.165, 1.54) is 12.1 Å². The van der Waals surface area contributed by atoms with Crippen molar-refractivity contribution in [1.82, 2.24) is 10.2 Å². The van der Waals surface area contributed by atoms with Gasteiger partial charge in [0.05, 0.1) is 15.6 Å². The number of benzene rings is 1. The molecule has 0 bridgehead atoms.